The molecule has 3 rings (SSSR count). The van der Waals surface area contributed by atoms with Crippen LogP contribution in [0.15, 0.2) is 12.1 Å². The average molecular weight is 257 g/mol. The summed E-state index contributed by atoms with van der Waals surface area (Å²) in [5.41, 5.74) is 5.92. The van der Waals surface area contributed by atoms with Crippen molar-refractivity contribution in [3.8, 4) is 0 Å². The molecule has 2 saturated carbocycles. The predicted octanol–water partition coefficient (Wildman–Crippen LogP) is 3.79. The highest BCUT2D eigenvalue weighted by Crippen LogP contribution is 2.59. The maximum atomic E-state index is 3.61. The van der Waals surface area contributed by atoms with Crippen LogP contribution in [0.2, 0.25) is 0 Å². The Morgan fingerprint density at radius 2 is 1.68 bits per heavy atom. The summed E-state index contributed by atoms with van der Waals surface area (Å²) in [6, 6.07) is 5.36. The van der Waals surface area contributed by atoms with Crippen molar-refractivity contribution < 1.29 is 0 Å². The zero-order valence-electron chi connectivity index (χ0n) is 12.8. The molecule has 0 radical (unpaired) electrons. The Balaban J connectivity index is 1.76. The fourth-order valence-electron chi connectivity index (χ4n) is 4.66. The van der Waals surface area contributed by atoms with Crippen LogP contribution in [-0.2, 0) is 6.42 Å². The van der Waals surface area contributed by atoms with E-state index in [2.05, 4.69) is 45.3 Å². The van der Waals surface area contributed by atoms with Gasteiger partial charge in [0.2, 0.25) is 0 Å². The first-order valence-electron chi connectivity index (χ1n) is 7.86. The molecule has 0 heterocycles. The number of nitrogens with one attached hydrogen (secondary N) is 1. The average Bonchev–Trinajstić information content (AvgIpc) is 2.82. The molecule has 0 aliphatic heterocycles. The molecule has 19 heavy (non-hydrogen) atoms. The highest BCUT2D eigenvalue weighted by atomic mass is 14.9. The van der Waals surface area contributed by atoms with Crippen LogP contribution in [0.3, 0.4) is 0 Å². The predicted molar refractivity (Wildman–Crippen MR) is 81.5 cm³/mol. The first-order chi connectivity index (χ1) is 9.11. The Morgan fingerprint density at radius 1 is 1.11 bits per heavy atom. The molecule has 1 aromatic carbocycles. The summed E-state index contributed by atoms with van der Waals surface area (Å²) >= 11 is 0. The second kappa shape index (κ2) is 4.94. The molecular formula is C18H27N. The van der Waals surface area contributed by atoms with Crippen LogP contribution in [-0.4, -0.2) is 13.1 Å². The Morgan fingerprint density at radius 3 is 2.21 bits per heavy atom. The maximum absolute atomic E-state index is 3.61. The second-order valence-corrected chi connectivity index (χ2v) is 6.81. The summed E-state index contributed by atoms with van der Waals surface area (Å²) in [7, 11) is 2.15. The van der Waals surface area contributed by atoms with Crippen molar-refractivity contribution in [2.24, 2.45) is 17.8 Å². The minimum Gasteiger partial charge on any atom is -0.316 e. The molecule has 2 aliphatic carbocycles. The number of fused-ring (bicyclic) bond motifs is 1. The Kier molecular flexibility index (Phi) is 3.42. The van der Waals surface area contributed by atoms with Gasteiger partial charge in [0, 0.05) is 6.04 Å². The van der Waals surface area contributed by atoms with Crippen LogP contribution in [0, 0.1) is 38.5 Å². The van der Waals surface area contributed by atoms with Crippen LogP contribution >= 0.6 is 0 Å². The molecule has 0 spiro atoms. The van der Waals surface area contributed by atoms with Crippen molar-refractivity contribution in [3.63, 3.8) is 0 Å². The highest BCUT2D eigenvalue weighted by Gasteiger charge is 2.55. The molecule has 1 aromatic rings. The fourth-order valence-corrected chi connectivity index (χ4v) is 4.66. The summed E-state index contributed by atoms with van der Waals surface area (Å²) in [5.74, 6) is 3.05. The van der Waals surface area contributed by atoms with Gasteiger partial charge >= 0.3 is 0 Å². The van der Waals surface area contributed by atoms with E-state index in [9.17, 15) is 0 Å². The van der Waals surface area contributed by atoms with Crippen LogP contribution < -0.4 is 5.32 Å². The Hall–Kier alpha value is -0.820. The van der Waals surface area contributed by atoms with E-state index in [0.29, 0.717) is 6.04 Å². The first-order valence-corrected chi connectivity index (χ1v) is 7.86. The molecule has 0 amide bonds. The lowest BCUT2D eigenvalue weighted by Crippen LogP contribution is -2.32. The fraction of sp³-hybridized carbons (Fsp3) is 0.667. The molecule has 104 valence electrons. The highest BCUT2D eigenvalue weighted by molar-refractivity contribution is 5.38. The topological polar surface area (TPSA) is 12.0 Å². The van der Waals surface area contributed by atoms with E-state index in [0.717, 1.165) is 17.8 Å². The zero-order chi connectivity index (χ0) is 13.6. The second-order valence-electron chi connectivity index (χ2n) is 6.81. The smallest absolute Gasteiger partial charge is 0.0138 e. The van der Waals surface area contributed by atoms with Gasteiger partial charge in [0.05, 0.1) is 0 Å². The summed E-state index contributed by atoms with van der Waals surface area (Å²) in [5, 5.41) is 3.61. The lowest BCUT2D eigenvalue weighted by atomic mass is 9.91. The monoisotopic (exact) mass is 257 g/mol. The van der Waals surface area contributed by atoms with Gasteiger partial charge in [-0.05, 0) is 81.5 Å². The molecule has 1 nitrogen and oxygen atoms in total. The van der Waals surface area contributed by atoms with Crippen molar-refractivity contribution in [1.29, 1.82) is 0 Å². The third-order valence-electron chi connectivity index (χ3n) is 5.57. The van der Waals surface area contributed by atoms with Crippen LogP contribution in [0.5, 0.6) is 0 Å². The van der Waals surface area contributed by atoms with E-state index in [1.165, 1.54) is 42.4 Å². The van der Waals surface area contributed by atoms with Gasteiger partial charge in [-0.1, -0.05) is 24.1 Å². The number of rotatable bonds is 4. The molecular weight excluding hydrogens is 230 g/mol. The van der Waals surface area contributed by atoms with Crippen molar-refractivity contribution in [2.45, 2.75) is 52.5 Å². The summed E-state index contributed by atoms with van der Waals surface area (Å²) in [4.78, 5) is 0. The lowest BCUT2D eigenvalue weighted by Gasteiger charge is -2.21. The van der Waals surface area contributed by atoms with Crippen LogP contribution in [0.25, 0.3) is 0 Å². The molecule has 1 N–H and O–H groups in total. The summed E-state index contributed by atoms with van der Waals surface area (Å²) in [6.07, 6.45) is 5.66. The van der Waals surface area contributed by atoms with E-state index >= 15 is 0 Å². The molecule has 1 heteroatoms. The first kappa shape index (κ1) is 13.2. The van der Waals surface area contributed by atoms with Crippen molar-refractivity contribution in [3.05, 3.63) is 34.4 Å². The molecule has 2 fully saturated rings. The quantitative estimate of drug-likeness (QED) is 0.865. The van der Waals surface area contributed by atoms with Gasteiger partial charge in [0.1, 0.15) is 0 Å². The number of hydrogen-bond acceptors (Lipinski definition) is 1. The summed E-state index contributed by atoms with van der Waals surface area (Å²) < 4.78 is 0. The van der Waals surface area contributed by atoms with Gasteiger partial charge in [-0.15, -0.1) is 0 Å². The normalized spacial score (nSPS) is 30.2. The van der Waals surface area contributed by atoms with Gasteiger partial charge in [-0.3, -0.25) is 0 Å². The van der Waals surface area contributed by atoms with E-state index in [4.69, 9.17) is 0 Å². The number of benzene rings is 1. The van der Waals surface area contributed by atoms with E-state index < -0.39 is 0 Å². The number of aryl methyl sites for hydroxylation is 3. The van der Waals surface area contributed by atoms with Crippen molar-refractivity contribution in [1.82, 2.24) is 5.32 Å². The minimum absolute atomic E-state index is 0.690. The summed E-state index contributed by atoms with van der Waals surface area (Å²) in [6.45, 7) is 6.75. The maximum Gasteiger partial charge on any atom is 0.0138 e. The van der Waals surface area contributed by atoms with E-state index in [1.807, 2.05) is 0 Å². The number of hydrogen-bond donors (Lipinski definition) is 1. The van der Waals surface area contributed by atoms with E-state index in [-0.39, 0.29) is 0 Å². The zero-order valence-corrected chi connectivity index (χ0v) is 12.8. The minimum atomic E-state index is 0.690. The Labute approximate surface area is 117 Å². The molecule has 3 atom stereocenters. The van der Waals surface area contributed by atoms with Gasteiger partial charge in [-0.2, -0.15) is 0 Å². The molecule has 2 aliphatic rings. The third-order valence-corrected chi connectivity index (χ3v) is 5.57. The SMILES string of the molecule is CNC(Cc1c(C)cc(C)cc1C)C1C2CCCC21. The van der Waals surface area contributed by atoms with Gasteiger partial charge in [0.25, 0.3) is 0 Å². The molecule has 0 aromatic heterocycles. The Bertz CT molecular complexity index is 444. The van der Waals surface area contributed by atoms with Gasteiger partial charge in [-0.25, -0.2) is 0 Å². The lowest BCUT2D eigenvalue weighted by molar-refractivity contribution is 0.427. The standard InChI is InChI=1S/C18H27N/c1-11-8-12(2)16(13(3)9-11)10-17(19-4)18-14-6-5-7-15(14)18/h8-9,14-15,17-19H,5-7,10H2,1-4H3. The van der Waals surface area contributed by atoms with Gasteiger partial charge in [0.15, 0.2) is 0 Å². The third kappa shape index (κ3) is 2.33. The molecule has 0 bridgehead atoms. The van der Waals surface area contributed by atoms with E-state index in [1.54, 1.807) is 5.56 Å². The number of likely N-dealkylation sites (N-methyl/N-ethyl adjacent to an activating group) is 1. The largest absolute Gasteiger partial charge is 0.316 e. The van der Waals surface area contributed by atoms with Crippen molar-refractivity contribution in [2.75, 3.05) is 7.05 Å². The van der Waals surface area contributed by atoms with Gasteiger partial charge < -0.3 is 5.32 Å². The molecule has 3 unspecified atom stereocenters. The van der Waals surface area contributed by atoms with Crippen molar-refractivity contribution >= 4 is 0 Å². The van der Waals surface area contributed by atoms with Crippen LogP contribution in [0.1, 0.15) is 41.5 Å². The van der Waals surface area contributed by atoms with Crippen LogP contribution in [0.4, 0.5) is 0 Å². The molecule has 0 saturated heterocycles.